The molecule has 0 fully saturated rings. The monoisotopic (exact) mass is 366 g/mol. The molecule has 0 saturated carbocycles. The quantitative estimate of drug-likeness (QED) is 0.519. The molecule has 0 spiro atoms. The van der Waals surface area contributed by atoms with Crippen molar-refractivity contribution in [2.75, 3.05) is 18.5 Å². The Morgan fingerprint density at radius 1 is 1.19 bits per heavy atom. The minimum atomic E-state index is -0.135. The Bertz CT molecular complexity index is 833. The zero-order chi connectivity index (χ0) is 19.1. The smallest absolute Gasteiger partial charge is 0.257 e. The van der Waals surface area contributed by atoms with Crippen LogP contribution in [-0.4, -0.2) is 25.0 Å². The predicted octanol–water partition coefficient (Wildman–Crippen LogP) is 2.62. The molecule has 27 heavy (non-hydrogen) atoms. The highest BCUT2D eigenvalue weighted by Gasteiger charge is 2.10. The number of nitrogens with one attached hydrogen (secondary N) is 2. The van der Waals surface area contributed by atoms with Gasteiger partial charge in [-0.1, -0.05) is 18.2 Å². The van der Waals surface area contributed by atoms with Crippen molar-refractivity contribution in [2.45, 2.75) is 32.7 Å². The lowest BCUT2D eigenvalue weighted by Gasteiger charge is -2.09. The van der Waals surface area contributed by atoms with Gasteiger partial charge in [0.25, 0.3) is 5.91 Å². The van der Waals surface area contributed by atoms with E-state index in [1.54, 1.807) is 0 Å². The van der Waals surface area contributed by atoms with Gasteiger partial charge in [-0.3, -0.25) is 4.79 Å². The van der Waals surface area contributed by atoms with Gasteiger partial charge in [-0.2, -0.15) is 0 Å². The lowest BCUT2D eigenvalue weighted by Crippen LogP contribution is -2.28. The van der Waals surface area contributed by atoms with E-state index in [0.717, 1.165) is 24.1 Å². The second-order valence-corrected chi connectivity index (χ2v) is 6.55. The highest BCUT2D eigenvalue weighted by Crippen LogP contribution is 2.24. The second-order valence-electron chi connectivity index (χ2n) is 6.55. The number of nitrogens with two attached hydrogens (primary N) is 1. The molecule has 0 atom stereocenters. The van der Waals surface area contributed by atoms with Crippen LogP contribution in [0.1, 0.15) is 30.0 Å². The molecule has 2 aromatic carbocycles. The lowest BCUT2D eigenvalue weighted by atomic mass is 10.1. The fourth-order valence-electron chi connectivity index (χ4n) is 3.14. The number of aliphatic imine (C=N–C) groups is 1. The van der Waals surface area contributed by atoms with Gasteiger partial charge in [-0.25, -0.2) is 4.99 Å². The molecule has 142 valence electrons. The van der Waals surface area contributed by atoms with Crippen LogP contribution in [0.5, 0.6) is 5.75 Å². The first kappa shape index (κ1) is 18.8. The average Bonchev–Trinajstić information content (AvgIpc) is 3.13. The molecule has 0 bridgehead atoms. The van der Waals surface area contributed by atoms with Crippen LogP contribution in [0.4, 0.5) is 5.69 Å². The van der Waals surface area contributed by atoms with E-state index < -0.39 is 0 Å². The summed E-state index contributed by atoms with van der Waals surface area (Å²) in [5.41, 5.74) is 10.8. The number of amides is 1. The third kappa shape index (κ3) is 5.48. The molecule has 1 aliphatic rings. The predicted molar refractivity (Wildman–Crippen MR) is 108 cm³/mol. The number of rotatable bonds is 7. The second kappa shape index (κ2) is 9.07. The SMILES string of the molecule is CCNC(=O)COc1cccc(CN=C(N)Nc2ccc3c(c2)CCC3)c1. The summed E-state index contributed by atoms with van der Waals surface area (Å²) < 4.78 is 5.50. The molecule has 1 aliphatic carbocycles. The Kier molecular flexibility index (Phi) is 6.30. The first-order valence-corrected chi connectivity index (χ1v) is 9.31. The van der Waals surface area contributed by atoms with Crippen molar-refractivity contribution in [1.82, 2.24) is 5.32 Å². The van der Waals surface area contributed by atoms with E-state index in [1.165, 1.54) is 17.5 Å². The van der Waals surface area contributed by atoms with E-state index in [-0.39, 0.29) is 12.5 Å². The van der Waals surface area contributed by atoms with Crippen LogP contribution >= 0.6 is 0 Å². The molecule has 0 unspecified atom stereocenters. The molecule has 0 radical (unpaired) electrons. The van der Waals surface area contributed by atoms with Gasteiger partial charge in [0.15, 0.2) is 12.6 Å². The van der Waals surface area contributed by atoms with Gasteiger partial charge >= 0.3 is 0 Å². The minimum Gasteiger partial charge on any atom is -0.484 e. The van der Waals surface area contributed by atoms with E-state index in [9.17, 15) is 4.79 Å². The van der Waals surface area contributed by atoms with Crippen LogP contribution in [0.2, 0.25) is 0 Å². The van der Waals surface area contributed by atoms with Gasteiger partial charge in [-0.05, 0) is 67.1 Å². The van der Waals surface area contributed by atoms with Crippen molar-refractivity contribution in [3.05, 3.63) is 59.2 Å². The van der Waals surface area contributed by atoms with Crippen LogP contribution in [0.3, 0.4) is 0 Å². The van der Waals surface area contributed by atoms with Crippen LogP contribution in [0, 0.1) is 0 Å². The summed E-state index contributed by atoms with van der Waals surface area (Å²) in [6.07, 6.45) is 3.52. The van der Waals surface area contributed by atoms with Crippen molar-refractivity contribution in [2.24, 2.45) is 10.7 Å². The molecule has 0 aliphatic heterocycles. The van der Waals surface area contributed by atoms with Gasteiger partial charge in [0.05, 0.1) is 6.54 Å². The van der Waals surface area contributed by atoms with Gasteiger partial charge < -0.3 is 21.1 Å². The maximum Gasteiger partial charge on any atom is 0.257 e. The maximum absolute atomic E-state index is 11.5. The minimum absolute atomic E-state index is 0.00256. The summed E-state index contributed by atoms with van der Waals surface area (Å²) in [6.45, 7) is 2.90. The largest absolute Gasteiger partial charge is 0.484 e. The number of fused-ring (bicyclic) bond motifs is 1. The van der Waals surface area contributed by atoms with E-state index >= 15 is 0 Å². The molecule has 1 amide bonds. The van der Waals surface area contributed by atoms with Gasteiger partial charge in [0.1, 0.15) is 5.75 Å². The number of likely N-dealkylation sites (N-methyl/N-ethyl adjacent to an activating group) is 1. The molecule has 2 aromatic rings. The summed E-state index contributed by atoms with van der Waals surface area (Å²) in [7, 11) is 0. The van der Waals surface area contributed by atoms with Gasteiger partial charge in [0, 0.05) is 12.2 Å². The van der Waals surface area contributed by atoms with Crippen molar-refractivity contribution in [3.63, 3.8) is 0 Å². The number of hydrogen-bond acceptors (Lipinski definition) is 3. The summed E-state index contributed by atoms with van der Waals surface area (Å²) in [5, 5.41) is 5.85. The molecule has 0 saturated heterocycles. The van der Waals surface area contributed by atoms with Crippen molar-refractivity contribution in [3.8, 4) is 5.75 Å². The molecule has 0 heterocycles. The maximum atomic E-state index is 11.5. The summed E-state index contributed by atoms with van der Waals surface area (Å²) in [4.78, 5) is 15.9. The lowest BCUT2D eigenvalue weighted by molar-refractivity contribution is -0.122. The van der Waals surface area contributed by atoms with E-state index in [1.807, 2.05) is 37.3 Å². The van der Waals surface area contributed by atoms with Crippen LogP contribution < -0.4 is 21.1 Å². The number of nitrogens with zero attached hydrogens (tertiary/aromatic N) is 1. The molecule has 4 N–H and O–H groups in total. The fourth-order valence-corrected chi connectivity index (χ4v) is 3.14. The standard InChI is InChI=1S/C21H26N4O2/c1-2-23-20(26)14-27-19-8-3-5-15(11-19)13-24-21(22)25-18-10-9-16-6-4-7-17(16)12-18/h3,5,8-12H,2,4,6-7,13-14H2,1H3,(H,23,26)(H3,22,24,25). The third-order valence-electron chi connectivity index (χ3n) is 4.45. The zero-order valence-corrected chi connectivity index (χ0v) is 15.6. The number of ether oxygens (including phenoxy) is 1. The Hall–Kier alpha value is -3.02. The van der Waals surface area contributed by atoms with Crippen molar-refractivity contribution < 1.29 is 9.53 Å². The Labute approximate surface area is 159 Å². The number of guanidine groups is 1. The first-order chi connectivity index (χ1) is 13.1. The van der Waals surface area contributed by atoms with Gasteiger partial charge in [-0.15, -0.1) is 0 Å². The summed E-state index contributed by atoms with van der Waals surface area (Å²) in [5.74, 6) is 0.879. The molecular formula is C21H26N4O2. The Balaban J connectivity index is 1.55. The molecular weight excluding hydrogens is 340 g/mol. The van der Waals surface area contributed by atoms with E-state index in [0.29, 0.717) is 24.8 Å². The fraction of sp³-hybridized carbons (Fsp3) is 0.333. The number of carbonyl (C=O) groups is 1. The molecule has 0 aromatic heterocycles. The summed E-state index contributed by atoms with van der Waals surface area (Å²) >= 11 is 0. The number of carbonyl (C=O) groups excluding carboxylic acids is 1. The van der Waals surface area contributed by atoms with Crippen molar-refractivity contribution in [1.29, 1.82) is 0 Å². The topological polar surface area (TPSA) is 88.7 Å². The van der Waals surface area contributed by atoms with Crippen molar-refractivity contribution >= 4 is 17.6 Å². The Morgan fingerprint density at radius 2 is 2.04 bits per heavy atom. The van der Waals surface area contributed by atoms with Gasteiger partial charge in [0.2, 0.25) is 0 Å². The molecule has 6 heteroatoms. The third-order valence-corrected chi connectivity index (χ3v) is 4.45. The number of hydrogen-bond donors (Lipinski definition) is 3. The van der Waals surface area contributed by atoms with Crippen LogP contribution in [-0.2, 0) is 24.2 Å². The molecule has 3 rings (SSSR count). The van der Waals surface area contributed by atoms with E-state index in [4.69, 9.17) is 10.5 Å². The molecule has 6 nitrogen and oxygen atoms in total. The normalized spacial score (nSPS) is 13.1. The highest BCUT2D eigenvalue weighted by atomic mass is 16.5. The highest BCUT2D eigenvalue weighted by molar-refractivity contribution is 5.92. The van der Waals surface area contributed by atoms with E-state index in [2.05, 4.69) is 27.8 Å². The van der Waals surface area contributed by atoms with Crippen LogP contribution in [0.25, 0.3) is 0 Å². The number of benzene rings is 2. The number of aryl methyl sites for hydroxylation is 2. The number of anilines is 1. The average molecular weight is 366 g/mol. The Morgan fingerprint density at radius 3 is 2.89 bits per heavy atom. The zero-order valence-electron chi connectivity index (χ0n) is 15.6. The first-order valence-electron chi connectivity index (χ1n) is 9.31. The summed E-state index contributed by atoms with van der Waals surface area (Å²) in [6, 6.07) is 13.9. The van der Waals surface area contributed by atoms with Crippen LogP contribution in [0.15, 0.2) is 47.5 Å².